The van der Waals surface area contributed by atoms with E-state index in [2.05, 4.69) is 34.3 Å². The van der Waals surface area contributed by atoms with Crippen LogP contribution >= 0.6 is 23.1 Å². The molecule has 4 aromatic rings. The normalized spacial score (nSPS) is 12.4. The van der Waals surface area contributed by atoms with Crippen molar-refractivity contribution in [2.75, 3.05) is 5.32 Å². The molecule has 0 saturated heterocycles. The first kappa shape index (κ1) is 23.0. The van der Waals surface area contributed by atoms with Crippen LogP contribution in [-0.2, 0) is 4.79 Å². The minimum Gasteiger partial charge on any atom is -0.507 e. The van der Waals surface area contributed by atoms with Crippen molar-refractivity contribution in [2.45, 2.75) is 37.3 Å². The number of carbonyl (C=O) groups excluding carboxylic acids is 1. The molecule has 5 nitrogen and oxygen atoms in total. The number of nitrogens with zero attached hydrogens (tertiary/aromatic N) is 2. The maximum Gasteiger partial charge on any atom is 0.237 e. The highest BCUT2D eigenvalue weighted by molar-refractivity contribution is 8.02. The fourth-order valence-corrected chi connectivity index (χ4v) is 5.81. The molecular formula is C26H25N3O2S2. The van der Waals surface area contributed by atoms with Crippen molar-refractivity contribution in [3.8, 4) is 5.75 Å². The summed E-state index contributed by atoms with van der Waals surface area (Å²) in [5.41, 5.74) is 6.52. The van der Waals surface area contributed by atoms with Crippen LogP contribution in [0.2, 0.25) is 0 Å². The number of para-hydroxylation sites is 1. The first-order valence-electron chi connectivity index (χ1n) is 10.6. The Hall–Kier alpha value is -3.16. The summed E-state index contributed by atoms with van der Waals surface area (Å²) in [4.78, 5) is 22.0. The van der Waals surface area contributed by atoms with Crippen LogP contribution in [0.15, 0.2) is 63.9 Å². The molecule has 1 amide bonds. The van der Waals surface area contributed by atoms with Crippen molar-refractivity contribution in [1.29, 1.82) is 0 Å². The number of carbonyl (C=O) groups is 1. The monoisotopic (exact) mass is 475 g/mol. The molecule has 0 aliphatic heterocycles. The Balaban J connectivity index is 1.46. The fourth-order valence-electron chi connectivity index (χ4n) is 3.57. The molecule has 0 spiro atoms. The van der Waals surface area contributed by atoms with Gasteiger partial charge in [0.2, 0.25) is 5.91 Å². The van der Waals surface area contributed by atoms with Gasteiger partial charge in [0, 0.05) is 17.5 Å². The van der Waals surface area contributed by atoms with Gasteiger partial charge in [-0.15, -0.1) is 11.3 Å². The van der Waals surface area contributed by atoms with Gasteiger partial charge in [-0.3, -0.25) is 9.79 Å². The zero-order valence-corrected chi connectivity index (χ0v) is 20.6. The Labute approximate surface area is 201 Å². The van der Waals surface area contributed by atoms with Gasteiger partial charge in [0.15, 0.2) is 4.34 Å². The Bertz CT molecular complexity index is 1340. The molecule has 1 aromatic heterocycles. The minimum absolute atomic E-state index is 0.0396. The number of hydrogen-bond donors (Lipinski definition) is 2. The third-order valence-electron chi connectivity index (χ3n) is 5.21. The van der Waals surface area contributed by atoms with Crippen LogP contribution in [0.4, 0.5) is 11.4 Å². The van der Waals surface area contributed by atoms with Gasteiger partial charge in [0.1, 0.15) is 5.75 Å². The smallest absolute Gasteiger partial charge is 0.237 e. The number of aromatic nitrogens is 1. The summed E-state index contributed by atoms with van der Waals surface area (Å²) >= 11 is 3.00. The fraction of sp³-hybridized carbons (Fsp3) is 0.192. The Morgan fingerprint density at radius 2 is 1.85 bits per heavy atom. The molecule has 168 valence electrons. The Kier molecular flexibility index (Phi) is 6.81. The van der Waals surface area contributed by atoms with Gasteiger partial charge in [-0.05, 0) is 69.2 Å². The SMILES string of the molecule is Cc1cc(C)c(NC(=O)[C@@H](C)Sc2nc3ccc(N=Cc4ccccc4O)cc3s2)c(C)c1. The van der Waals surface area contributed by atoms with Gasteiger partial charge >= 0.3 is 0 Å². The second-order valence-corrected chi connectivity index (χ2v) is 10.6. The lowest BCUT2D eigenvalue weighted by Crippen LogP contribution is -2.23. The summed E-state index contributed by atoms with van der Waals surface area (Å²) in [7, 11) is 0. The van der Waals surface area contributed by atoms with Crippen LogP contribution in [0.25, 0.3) is 10.2 Å². The minimum atomic E-state index is -0.288. The second kappa shape index (κ2) is 9.77. The van der Waals surface area contributed by atoms with Gasteiger partial charge in [-0.2, -0.15) is 0 Å². The van der Waals surface area contributed by atoms with Crippen molar-refractivity contribution in [1.82, 2.24) is 4.98 Å². The molecule has 0 aliphatic rings. The number of thioether (sulfide) groups is 1. The number of anilines is 1. The number of phenols is 1. The van der Waals surface area contributed by atoms with Gasteiger partial charge in [0.25, 0.3) is 0 Å². The summed E-state index contributed by atoms with van der Waals surface area (Å²) in [6.45, 7) is 7.98. The number of phenolic OH excluding ortho intramolecular Hbond substituents is 1. The maximum absolute atomic E-state index is 12.8. The Morgan fingerprint density at radius 1 is 1.12 bits per heavy atom. The van der Waals surface area contributed by atoms with E-state index in [-0.39, 0.29) is 16.9 Å². The summed E-state index contributed by atoms with van der Waals surface area (Å²) in [5.74, 6) is 0.157. The van der Waals surface area contributed by atoms with E-state index >= 15 is 0 Å². The van der Waals surface area contributed by atoms with Crippen molar-refractivity contribution in [3.05, 3.63) is 76.9 Å². The molecule has 0 aliphatic carbocycles. The second-order valence-electron chi connectivity index (χ2n) is 7.97. The summed E-state index contributed by atoms with van der Waals surface area (Å²) in [6, 6.07) is 17.0. The number of hydrogen-bond acceptors (Lipinski definition) is 6. The third-order valence-corrected chi connectivity index (χ3v) is 7.43. The largest absolute Gasteiger partial charge is 0.507 e. The molecule has 0 fully saturated rings. The van der Waals surface area contributed by atoms with Crippen LogP contribution in [0.3, 0.4) is 0 Å². The van der Waals surface area contributed by atoms with Gasteiger partial charge in [-0.1, -0.05) is 41.6 Å². The average Bonchev–Trinajstić information content (AvgIpc) is 3.17. The number of aromatic hydroxyl groups is 1. The zero-order chi connectivity index (χ0) is 23.5. The highest BCUT2D eigenvalue weighted by atomic mass is 32.2. The van der Waals surface area contributed by atoms with Gasteiger partial charge in [-0.25, -0.2) is 4.98 Å². The van der Waals surface area contributed by atoms with E-state index in [4.69, 9.17) is 0 Å². The van der Waals surface area contributed by atoms with E-state index in [0.717, 1.165) is 37.1 Å². The lowest BCUT2D eigenvalue weighted by molar-refractivity contribution is -0.115. The van der Waals surface area contributed by atoms with Crippen LogP contribution < -0.4 is 5.32 Å². The molecule has 3 aromatic carbocycles. The Morgan fingerprint density at radius 3 is 2.58 bits per heavy atom. The number of rotatable bonds is 6. The molecule has 4 rings (SSSR count). The quantitative estimate of drug-likeness (QED) is 0.238. The van der Waals surface area contributed by atoms with Crippen molar-refractivity contribution < 1.29 is 9.90 Å². The molecule has 0 unspecified atom stereocenters. The highest BCUT2D eigenvalue weighted by Crippen LogP contribution is 2.34. The van der Waals surface area contributed by atoms with Crippen molar-refractivity contribution in [2.24, 2.45) is 4.99 Å². The van der Waals surface area contributed by atoms with Crippen LogP contribution in [0, 0.1) is 20.8 Å². The number of benzene rings is 3. The molecule has 2 N–H and O–H groups in total. The third kappa shape index (κ3) is 5.43. The maximum atomic E-state index is 12.8. The highest BCUT2D eigenvalue weighted by Gasteiger charge is 2.18. The lowest BCUT2D eigenvalue weighted by atomic mass is 10.1. The number of nitrogens with one attached hydrogen (secondary N) is 1. The lowest BCUT2D eigenvalue weighted by Gasteiger charge is -2.15. The molecule has 1 atom stereocenters. The molecule has 0 saturated carbocycles. The first-order chi connectivity index (χ1) is 15.8. The average molecular weight is 476 g/mol. The summed E-state index contributed by atoms with van der Waals surface area (Å²) in [5, 5.41) is 12.7. The topological polar surface area (TPSA) is 74.6 Å². The molecule has 0 bridgehead atoms. The molecular weight excluding hydrogens is 450 g/mol. The van der Waals surface area contributed by atoms with E-state index in [0.29, 0.717) is 5.56 Å². The van der Waals surface area contributed by atoms with E-state index in [1.54, 1.807) is 29.7 Å². The van der Waals surface area contributed by atoms with E-state index in [9.17, 15) is 9.90 Å². The summed E-state index contributed by atoms with van der Waals surface area (Å²) < 4.78 is 1.84. The number of aliphatic imine (C=N–C) groups is 1. The number of amides is 1. The van der Waals surface area contributed by atoms with Gasteiger partial charge < -0.3 is 10.4 Å². The predicted octanol–water partition coefficient (Wildman–Crippen LogP) is 6.80. The molecule has 1 heterocycles. The zero-order valence-electron chi connectivity index (χ0n) is 18.9. The van der Waals surface area contributed by atoms with Crippen LogP contribution in [0.5, 0.6) is 5.75 Å². The molecule has 0 radical (unpaired) electrons. The van der Waals surface area contributed by atoms with E-state index in [1.807, 2.05) is 51.1 Å². The van der Waals surface area contributed by atoms with E-state index < -0.39 is 0 Å². The van der Waals surface area contributed by atoms with Crippen molar-refractivity contribution >= 4 is 56.8 Å². The van der Waals surface area contributed by atoms with Crippen LogP contribution in [0.1, 0.15) is 29.2 Å². The van der Waals surface area contributed by atoms with Crippen LogP contribution in [-0.4, -0.2) is 27.5 Å². The standard InChI is InChI=1S/C26H25N3O2S2/c1-15-11-16(2)24(17(3)12-15)29-25(31)18(4)32-26-28-21-10-9-20(13-23(21)33-26)27-14-19-7-5-6-8-22(19)30/h5-14,18,30H,1-4H3,(H,29,31)/t18-/m1/s1. The van der Waals surface area contributed by atoms with E-state index in [1.165, 1.54) is 17.3 Å². The number of aryl methyl sites for hydroxylation is 3. The first-order valence-corrected chi connectivity index (χ1v) is 12.3. The molecule has 33 heavy (non-hydrogen) atoms. The van der Waals surface area contributed by atoms with Crippen molar-refractivity contribution in [3.63, 3.8) is 0 Å². The predicted molar refractivity (Wildman–Crippen MR) is 140 cm³/mol. The summed E-state index contributed by atoms with van der Waals surface area (Å²) in [6.07, 6.45) is 1.65. The number of fused-ring (bicyclic) bond motifs is 1. The van der Waals surface area contributed by atoms with Gasteiger partial charge in [0.05, 0.1) is 21.2 Å². The molecule has 7 heteroatoms. The number of thiazole rings is 1.